The molecular formula is C32H50O6. The lowest BCUT2D eigenvalue weighted by Crippen LogP contribution is -2.13. The van der Waals surface area contributed by atoms with Crippen LogP contribution in [0.15, 0.2) is 73.3 Å². The summed E-state index contributed by atoms with van der Waals surface area (Å²) < 4.78 is 0. The van der Waals surface area contributed by atoms with Crippen LogP contribution in [-0.4, -0.2) is 44.6 Å². The third kappa shape index (κ3) is 23.4. The Morgan fingerprint density at radius 3 is 1.53 bits per heavy atom. The number of hydrogen-bond donors (Lipinski definition) is 4. The molecule has 0 fully saturated rings. The number of aliphatic hydroxyl groups excluding tert-OH is 2. The van der Waals surface area contributed by atoms with Crippen LogP contribution in [0.1, 0.15) is 106 Å². The molecule has 0 spiro atoms. The van der Waals surface area contributed by atoms with Crippen molar-refractivity contribution in [2.75, 3.05) is 0 Å². The Kier molecular flexibility index (Phi) is 25.1. The molecule has 0 saturated carbocycles. The zero-order chi connectivity index (χ0) is 29.2. The number of carboxylic acid groups (broad SMARTS) is 2. The van der Waals surface area contributed by atoms with E-state index < -0.39 is 11.9 Å². The van der Waals surface area contributed by atoms with Gasteiger partial charge in [0.05, 0.1) is 23.3 Å². The van der Waals surface area contributed by atoms with Crippen LogP contribution in [0, 0.1) is 5.92 Å². The van der Waals surface area contributed by atoms with Gasteiger partial charge >= 0.3 is 11.9 Å². The van der Waals surface area contributed by atoms with Crippen molar-refractivity contribution in [2.45, 2.75) is 97.7 Å². The highest BCUT2D eigenvalue weighted by molar-refractivity contribution is 5.87. The molecule has 2 unspecified atom stereocenters. The molecule has 0 aliphatic rings. The van der Waals surface area contributed by atoms with Crippen LogP contribution in [0.2, 0.25) is 0 Å². The maximum absolute atomic E-state index is 10.2. The van der Waals surface area contributed by atoms with Crippen LogP contribution in [0.5, 0.6) is 0 Å². The molecule has 2 atom stereocenters. The maximum Gasteiger partial charge on any atom is 0.335 e. The Morgan fingerprint density at radius 2 is 1.24 bits per heavy atom. The molecule has 0 bridgehead atoms. The van der Waals surface area contributed by atoms with Gasteiger partial charge in [-0.1, -0.05) is 95.3 Å². The number of hydrogen-bond acceptors (Lipinski definition) is 4. The Hall–Kier alpha value is -2.96. The lowest BCUT2D eigenvalue weighted by Gasteiger charge is -2.10. The number of carbonyl (C=O) groups is 2. The second-order valence-corrected chi connectivity index (χ2v) is 9.13. The summed E-state index contributed by atoms with van der Waals surface area (Å²) in [5.74, 6) is -0.786. The second-order valence-electron chi connectivity index (χ2n) is 9.13. The van der Waals surface area contributed by atoms with E-state index in [1.807, 2.05) is 13.0 Å². The first kappa shape index (κ1) is 37.2. The third-order valence-electron chi connectivity index (χ3n) is 5.70. The zero-order valence-corrected chi connectivity index (χ0v) is 23.8. The molecule has 6 heteroatoms. The van der Waals surface area contributed by atoms with Gasteiger partial charge in [0.1, 0.15) is 0 Å². The molecule has 0 aliphatic carbocycles. The Balaban J connectivity index is 0. The summed E-state index contributed by atoms with van der Waals surface area (Å²) >= 11 is 0. The number of carboxylic acids is 2. The topological polar surface area (TPSA) is 115 Å². The highest BCUT2D eigenvalue weighted by Gasteiger charge is 2.05. The monoisotopic (exact) mass is 530 g/mol. The second kappa shape index (κ2) is 25.7. The van der Waals surface area contributed by atoms with Gasteiger partial charge in [-0.2, -0.15) is 0 Å². The van der Waals surface area contributed by atoms with Gasteiger partial charge in [0.25, 0.3) is 0 Å². The molecule has 38 heavy (non-hydrogen) atoms. The summed E-state index contributed by atoms with van der Waals surface area (Å²) in [5.41, 5.74) is 0.662. The molecule has 0 amide bonds. The predicted molar refractivity (Wildman–Crippen MR) is 157 cm³/mol. The normalized spacial score (nSPS) is 11.3. The minimum Gasteiger partial charge on any atom is -0.478 e. The van der Waals surface area contributed by atoms with Gasteiger partial charge in [-0.3, -0.25) is 0 Å². The van der Waals surface area contributed by atoms with Crippen molar-refractivity contribution in [3.05, 3.63) is 84.4 Å². The van der Waals surface area contributed by atoms with E-state index in [4.69, 9.17) is 20.4 Å². The highest BCUT2D eigenvalue weighted by atomic mass is 16.4. The lowest BCUT2D eigenvalue weighted by molar-refractivity contribution is 0.0686. The summed E-state index contributed by atoms with van der Waals surface area (Å²) in [7, 11) is 0. The van der Waals surface area contributed by atoms with Crippen LogP contribution in [0.3, 0.4) is 0 Å². The third-order valence-corrected chi connectivity index (χ3v) is 5.70. The van der Waals surface area contributed by atoms with Crippen LogP contribution in [0.25, 0.3) is 0 Å². The smallest absolute Gasteiger partial charge is 0.335 e. The van der Waals surface area contributed by atoms with Crippen molar-refractivity contribution in [3.63, 3.8) is 0 Å². The first-order valence-corrected chi connectivity index (χ1v) is 13.7. The van der Waals surface area contributed by atoms with Crippen molar-refractivity contribution in [3.8, 4) is 0 Å². The minimum atomic E-state index is -0.879. The van der Waals surface area contributed by atoms with Gasteiger partial charge in [0.15, 0.2) is 0 Å². The molecule has 0 aromatic heterocycles. The fourth-order valence-electron chi connectivity index (χ4n) is 3.42. The predicted octanol–water partition coefficient (Wildman–Crippen LogP) is 7.86. The van der Waals surface area contributed by atoms with Gasteiger partial charge in [0, 0.05) is 0 Å². The van der Waals surface area contributed by atoms with E-state index in [0.29, 0.717) is 17.5 Å². The molecule has 2 aromatic rings. The van der Waals surface area contributed by atoms with Crippen molar-refractivity contribution in [1.29, 1.82) is 0 Å². The molecule has 0 aliphatic heterocycles. The van der Waals surface area contributed by atoms with E-state index in [9.17, 15) is 9.59 Å². The molecule has 214 valence electrons. The maximum atomic E-state index is 10.2. The molecule has 0 saturated heterocycles. The number of unbranched alkanes of at least 4 members (excludes halogenated alkanes) is 2. The molecule has 4 N–H and O–H groups in total. The van der Waals surface area contributed by atoms with E-state index in [1.165, 1.54) is 38.5 Å². The van der Waals surface area contributed by atoms with Gasteiger partial charge in [-0.05, 0) is 62.8 Å². The summed E-state index contributed by atoms with van der Waals surface area (Å²) in [4.78, 5) is 20.4. The highest BCUT2D eigenvalue weighted by Crippen LogP contribution is 2.16. The van der Waals surface area contributed by atoms with E-state index in [0.717, 1.165) is 18.8 Å². The first-order chi connectivity index (χ1) is 18.1. The molecule has 2 aromatic carbocycles. The van der Waals surface area contributed by atoms with Crippen molar-refractivity contribution in [2.24, 2.45) is 5.92 Å². The van der Waals surface area contributed by atoms with E-state index >= 15 is 0 Å². The Labute approximate surface area is 230 Å². The standard InChI is InChI=1S/C11H22.2C7H6O2.C7H16O2/c1-4-7-8-9-10-11(5-2)6-3;2*8-7(9)6-4-2-1-3-5-6;1-3-4-7(9)5-6(2)8/h4,11H,1,5-10H2,2-3H3;2*1-5H,(H,8,9);6-9H,3-5H2,1-2H3. The zero-order valence-electron chi connectivity index (χ0n) is 23.8. The van der Waals surface area contributed by atoms with Crippen molar-refractivity contribution >= 4 is 11.9 Å². The van der Waals surface area contributed by atoms with Crippen molar-refractivity contribution < 1.29 is 30.0 Å². The number of rotatable bonds is 13. The van der Waals surface area contributed by atoms with Gasteiger partial charge < -0.3 is 20.4 Å². The summed E-state index contributed by atoms with van der Waals surface area (Å²) in [6.45, 7) is 12.0. The van der Waals surface area contributed by atoms with Crippen LogP contribution < -0.4 is 0 Å². The number of allylic oxidation sites excluding steroid dienone is 1. The largest absolute Gasteiger partial charge is 0.478 e. The Morgan fingerprint density at radius 1 is 0.789 bits per heavy atom. The van der Waals surface area contributed by atoms with Crippen LogP contribution in [0.4, 0.5) is 0 Å². The number of benzene rings is 2. The quantitative estimate of drug-likeness (QED) is 0.155. The molecule has 6 nitrogen and oxygen atoms in total. The number of aromatic carboxylic acids is 2. The summed E-state index contributed by atoms with van der Waals surface area (Å²) in [6, 6.07) is 16.6. The molecular weight excluding hydrogens is 480 g/mol. The van der Waals surface area contributed by atoms with Gasteiger partial charge in [-0.25, -0.2) is 9.59 Å². The van der Waals surface area contributed by atoms with E-state index in [2.05, 4.69) is 20.4 Å². The Bertz CT molecular complexity index is 767. The van der Waals surface area contributed by atoms with Crippen LogP contribution >= 0.6 is 0 Å². The minimum absolute atomic E-state index is 0.310. The fraction of sp³-hybridized carbons (Fsp3) is 0.500. The van der Waals surface area contributed by atoms with Gasteiger partial charge in [0.2, 0.25) is 0 Å². The van der Waals surface area contributed by atoms with Gasteiger partial charge in [-0.15, -0.1) is 6.58 Å². The van der Waals surface area contributed by atoms with E-state index in [1.54, 1.807) is 67.6 Å². The summed E-state index contributed by atoms with van der Waals surface area (Å²) in [6.07, 6.45) is 11.7. The molecule has 0 heterocycles. The van der Waals surface area contributed by atoms with Crippen molar-refractivity contribution in [1.82, 2.24) is 0 Å². The average Bonchev–Trinajstić information content (AvgIpc) is 2.91. The fourth-order valence-corrected chi connectivity index (χ4v) is 3.42. The van der Waals surface area contributed by atoms with E-state index in [-0.39, 0.29) is 12.2 Å². The first-order valence-electron chi connectivity index (χ1n) is 13.7. The van der Waals surface area contributed by atoms with Crippen LogP contribution in [-0.2, 0) is 0 Å². The average molecular weight is 531 g/mol. The summed E-state index contributed by atoms with van der Waals surface area (Å²) in [5, 5.41) is 34.6. The molecule has 0 radical (unpaired) electrons. The lowest BCUT2D eigenvalue weighted by atomic mass is 9.96. The molecule has 2 rings (SSSR count). The number of aliphatic hydroxyl groups is 2. The SMILES string of the molecule is C=CCCCCC(CC)CC.CCCC(O)CC(C)O.O=C(O)c1ccccc1.O=C(O)c1ccccc1.